The lowest BCUT2D eigenvalue weighted by atomic mass is 9.95. The molecule has 0 atom stereocenters. The van der Waals surface area contributed by atoms with E-state index in [0.29, 0.717) is 55.0 Å². The van der Waals surface area contributed by atoms with Gasteiger partial charge in [-0.05, 0) is 55.2 Å². The molecule has 0 aliphatic rings. The van der Waals surface area contributed by atoms with E-state index >= 15 is 0 Å². The maximum atomic E-state index is 9.53. The molecular formula is C28H30NOSi+. The summed E-state index contributed by atoms with van der Waals surface area (Å²) in [6.07, 6.45) is 0. The van der Waals surface area contributed by atoms with Crippen LogP contribution in [0, 0.1) is 20.7 Å². The summed E-state index contributed by atoms with van der Waals surface area (Å²) in [4.78, 5) is 0. The van der Waals surface area contributed by atoms with E-state index in [4.69, 9.17) is 12.6 Å². The minimum Gasteiger partial charge on any atom is -0.455 e. The molecule has 0 spiro atoms. The van der Waals surface area contributed by atoms with Crippen molar-refractivity contribution in [2.24, 2.45) is 7.05 Å². The number of rotatable bonds is 2. The molecule has 0 fully saturated rings. The van der Waals surface area contributed by atoms with Crippen molar-refractivity contribution in [1.29, 1.82) is 0 Å². The van der Waals surface area contributed by atoms with Crippen LogP contribution in [0.1, 0.15) is 26.3 Å². The molecule has 0 amide bonds. The van der Waals surface area contributed by atoms with E-state index in [0.717, 1.165) is 5.39 Å². The van der Waals surface area contributed by atoms with Crippen LogP contribution in [-0.4, -0.2) is 8.07 Å². The SMILES string of the molecule is [2H]c1c([2H])c(C)c2c(c1[2H])c([Si](C)(C)C)c([2H])c(-c1c(C)c(C([2H])([2H])[2H])cc3c1oc1ccccc13)[n+]2C. The van der Waals surface area contributed by atoms with Crippen molar-refractivity contribution in [1.82, 2.24) is 0 Å². The molecule has 3 heteroatoms. The van der Waals surface area contributed by atoms with Gasteiger partial charge in [0.1, 0.15) is 18.2 Å². The summed E-state index contributed by atoms with van der Waals surface area (Å²) in [6.45, 7) is 7.43. The summed E-state index contributed by atoms with van der Waals surface area (Å²) < 4.78 is 68.3. The van der Waals surface area contributed by atoms with Gasteiger partial charge in [-0.25, -0.2) is 0 Å². The fourth-order valence-electron chi connectivity index (χ4n) is 4.50. The van der Waals surface area contributed by atoms with Crippen LogP contribution in [0.5, 0.6) is 0 Å². The highest BCUT2D eigenvalue weighted by Crippen LogP contribution is 2.38. The van der Waals surface area contributed by atoms with Crippen LogP contribution < -0.4 is 9.75 Å². The zero-order valence-corrected chi connectivity index (χ0v) is 19.7. The van der Waals surface area contributed by atoms with Crippen molar-refractivity contribution < 1.29 is 18.6 Å². The molecule has 2 nitrogen and oxygen atoms in total. The highest BCUT2D eigenvalue weighted by atomic mass is 28.3. The molecule has 2 aromatic heterocycles. The average molecular weight is 432 g/mol. The number of para-hydroxylation sites is 2. The van der Waals surface area contributed by atoms with Gasteiger partial charge in [-0.3, -0.25) is 0 Å². The van der Waals surface area contributed by atoms with Crippen LogP contribution in [0.15, 0.2) is 58.9 Å². The molecule has 0 aliphatic carbocycles. The molecule has 0 N–H and O–H groups in total. The largest absolute Gasteiger partial charge is 0.455 e. The van der Waals surface area contributed by atoms with E-state index in [-0.39, 0.29) is 29.7 Å². The molecule has 0 unspecified atom stereocenters. The number of fused-ring (bicyclic) bond motifs is 4. The lowest BCUT2D eigenvalue weighted by molar-refractivity contribution is -0.633. The highest BCUT2D eigenvalue weighted by molar-refractivity contribution is 6.90. The Morgan fingerprint density at radius 2 is 1.77 bits per heavy atom. The number of furan rings is 1. The molecule has 0 saturated heterocycles. The van der Waals surface area contributed by atoms with Gasteiger partial charge in [-0.1, -0.05) is 49.9 Å². The first-order valence-corrected chi connectivity index (χ1v) is 14.0. The van der Waals surface area contributed by atoms with Gasteiger partial charge in [-0.15, -0.1) is 0 Å². The second-order valence-corrected chi connectivity index (χ2v) is 14.3. The summed E-state index contributed by atoms with van der Waals surface area (Å²) in [5.74, 6) is 0. The maximum absolute atomic E-state index is 9.53. The van der Waals surface area contributed by atoms with Crippen molar-refractivity contribution >= 4 is 46.1 Å². The minimum absolute atomic E-state index is 0.0230. The third-order valence-electron chi connectivity index (χ3n) is 6.11. The molecular weight excluding hydrogens is 394 g/mol. The number of hydrogen-bond acceptors (Lipinski definition) is 1. The number of aromatic nitrogens is 1. The third kappa shape index (κ3) is 2.94. The Hall–Kier alpha value is -2.91. The highest BCUT2D eigenvalue weighted by Gasteiger charge is 2.29. The van der Waals surface area contributed by atoms with E-state index in [1.165, 1.54) is 0 Å². The van der Waals surface area contributed by atoms with Crippen LogP contribution in [0.25, 0.3) is 44.1 Å². The van der Waals surface area contributed by atoms with Gasteiger partial charge in [0, 0.05) is 31.9 Å². The number of hydrogen-bond donors (Lipinski definition) is 0. The molecule has 5 rings (SSSR count). The van der Waals surface area contributed by atoms with E-state index in [9.17, 15) is 1.37 Å². The normalized spacial score (nSPS) is 16.0. The number of nitrogens with zero attached hydrogens (tertiary/aromatic N) is 1. The molecule has 31 heavy (non-hydrogen) atoms. The second-order valence-electron chi connectivity index (χ2n) is 9.28. The van der Waals surface area contributed by atoms with Crippen LogP contribution in [0.3, 0.4) is 0 Å². The predicted molar refractivity (Wildman–Crippen MR) is 135 cm³/mol. The fourth-order valence-corrected chi connectivity index (χ4v) is 5.92. The van der Waals surface area contributed by atoms with Gasteiger partial charge in [0.2, 0.25) is 11.2 Å². The third-order valence-corrected chi connectivity index (χ3v) is 7.98. The van der Waals surface area contributed by atoms with Crippen LogP contribution in [-0.2, 0) is 7.05 Å². The standard InChI is InChI=1S/C28H30NOSi/c1-17-11-10-13-21-25(31(5,6)7)16-23(29(4)27(17)21)26-19(3)18(2)15-22-20-12-8-9-14-24(20)30-28(22)26/h8-16H,1-7H3/q+1/i2D3,10D,11D,13D,16D. The molecule has 0 aliphatic heterocycles. The first-order valence-electron chi connectivity index (χ1n) is 14.0. The number of benzene rings is 3. The quantitative estimate of drug-likeness (QED) is 0.224. The Kier molecular flexibility index (Phi) is 2.96. The molecule has 0 bridgehead atoms. The summed E-state index contributed by atoms with van der Waals surface area (Å²) in [5.41, 5.74) is 4.02. The first-order chi connectivity index (χ1) is 17.6. The average Bonchev–Trinajstić information content (AvgIpc) is 3.18. The Bertz CT molecular complexity index is 1810. The molecule has 156 valence electrons. The van der Waals surface area contributed by atoms with Gasteiger partial charge >= 0.3 is 0 Å². The van der Waals surface area contributed by atoms with Crippen molar-refractivity contribution in [3.63, 3.8) is 0 Å². The van der Waals surface area contributed by atoms with Gasteiger partial charge < -0.3 is 4.42 Å². The van der Waals surface area contributed by atoms with Gasteiger partial charge in [0.25, 0.3) is 0 Å². The summed E-state index contributed by atoms with van der Waals surface area (Å²) in [6, 6.07) is 9.15. The zero-order valence-electron chi connectivity index (χ0n) is 25.7. The molecule has 0 saturated carbocycles. The predicted octanol–water partition coefficient (Wildman–Crippen LogP) is 6.70. The summed E-state index contributed by atoms with van der Waals surface area (Å²) in [5, 5.41) is 2.71. The van der Waals surface area contributed by atoms with E-state index in [2.05, 4.69) is 19.6 Å². The van der Waals surface area contributed by atoms with Gasteiger partial charge in [-0.2, -0.15) is 4.57 Å². The molecule has 0 radical (unpaired) electrons. The van der Waals surface area contributed by atoms with Crippen LogP contribution >= 0.6 is 0 Å². The lowest BCUT2D eigenvalue weighted by Gasteiger charge is -2.21. The van der Waals surface area contributed by atoms with E-state index in [1.807, 2.05) is 24.3 Å². The minimum atomic E-state index is -2.39. The Balaban J connectivity index is 2.12. The van der Waals surface area contributed by atoms with Crippen LogP contribution in [0.4, 0.5) is 0 Å². The smallest absolute Gasteiger partial charge is 0.216 e. The van der Waals surface area contributed by atoms with Crippen molar-refractivity contribution in [3.8, 4) is 11.3 Å². The monoisotopic (exact) mass is 431 g/mol. The van der Waals surface area contributed by atoms with E-state index in [1.54, 1.807) is 31.5 Å². The van der Waals surface area contributed by atoms with Crippen molar-refractivity contribution in [2.45, 2.75) is 40.3 Å². The van der Waals surface area contributed by atoms with Gasteiger partial charge in [0.15, 0.2) is 0 Å². The summed E-state index contributed by atoms with van der Waals surface area (Å²) >= 11 is 0. The molecule has 3 aromatic carbocycles. The molecule has 2 heterocycles. The second kappa shape index (κ2) is 6.79. The summed E-state index contributed by atoms with van der Waals surface area (Å²) in [7, 11) is -0.511. The van der Waals surface area contributed by atoms with E-state index < -0.39 is 14.9 Å². The van der Waals surface area contributed by atoms with Crippen molar-refractivity contribution in [2.75, 3.05) is 0 Å². The lowest BCUT2D eigenvalue weighted by Crippen LogP contribution is -2.43. The first kappa shape index (κ1) is 13.5. The fraction of sp³-hybridized carbons (Fsp3) is 0.250. The Labute approximate surface area is 195 Å². The van der Waals surface area contributed by atoms with Crippen molar-refractivity contribution in [3.05, 3.63) is 71.2 Å². The molecule has 5 aromatic rings. The maximum Gasteiger partial charge on any atom is 0.216 e. The number of aryl methyl sites for hydroxylation is 3. The van der Waals surface area contributed by atoms with Gasteiger partial charge in [0.05, 0.1) is 19.1 Å². The topological polar surface area (TPSA) is 17.0 Å². The van der Waals surface area contributed by atoms with Crippen LogP contribution in [0.2, 0.25) is 19.6 Å². The Morgan fingerprint density at radius 3 is 2.52 bits per heavy atom. The Morgan fingerprint density at radius 1 is 1.00 bits per heavy atom. The zero-order chi connectivity index (χ0) is 28.1. The number of pyridine rings is 1.